The first-order valence-corrected chi connectivity index (χ1v) is 9.90. The van der Waals surface area contributed by atoms with Crippen molar-refractivity contribution in [3.63, 3.8) is 0 Å². The third-order valence-electron chi connectivity index (χ3n) is 5.14. The van der Waals surface area contributed by atoms with Crippen LogP contribution in [0, 0.1) is 13.8 Å². The van der Waals surface area contributed by atoms with Crippen molar-refractivity contribution < 1.29 is 14.0 Å². The van der Waals surface area contributed by atoms with Gasteiger partial charge in [-0.3, -0.25) is 14.4 Å². The van der Waals surface area contributed by atoms with Crippen LogP contribution in [0.15, 0.2) is 75.9 Å². The van der Waals surface area contributed by atoms with E-state index in [9.17, 15) is 14.4 Å². The summed E-state index contributed by atoms with van der Waals surface area (Å²) in [5.74, 6) is 0.156. The molecule has 3 aromatic carbocycles. The molecule has 5 nitrogen and oxygen atoms in total. The van der Waals surface area contributed by atoms with Crippen LogP contribution in [0.5, 0.6) is 0 Å². The number of Topliss-reactive ketones (excluding diaryl/α,β-unsaturated/α-hetero) is 1. The lowest BCUT2D eigenvalue weighted by Crippen LogP contribution is -2.11. The summed E-state index contributed by atoms with van der Waals surface area (Å²) in [5.41, 5.74) is 4.76. The smallest absolute Gasteiger partial charge is 0.255 e. The average molecular weight is 411 g/mol. The summed E-state index contributed by atoms with van der Waals surface area (Å²) in [6, 6.07) is 18.9. The van der Waals surface area contributed by atoms with E-state index < -0.39 is 0 Å². The number of benzene rings is 3. The molecular weight excluding hydrogens is 390 g/mol. The Hall–Kier alpha value is -3.99. The highest BCUT2D eigenvalue weighted by Crippen LogP contribution is 2.25. The van der Waals surface area contributed by atoms with Crippen LogP contribution in [0.1, 0.15) is 38.8 Å². The molecule has 0 fully saturated rings. The van der Waals surface area contributed by atoms with Crippen LogP contribution in [0.25, 0.3) is 22.3 Å². The van der Waals surface area contributed by atoms with Gasteiger partial charge in [0, 0.05) is 28.4 Å². The van der Waals surface area contributed by atoms with Gasteiger partial charge in [-0.05, 0) is 74.4 Å². The zero-order valence-electron chi connectivity index (χ0n) is 17.5. The Balaban J connectivity index is 1.58. The molecule has 0 unspecified atom stereocenters. The Bertz CT molecular complexity index is 1360. The lowest BCUT2D eigenvalue weighted by molar-refractivity contribution is 0.101. The fraction of sp³-hybridized carbons (Fsp3) is 0.115. The molecule has 5 heteroatoms. The molecule has 0 aliphatic carbocycles. The molecule has 0 atom stereocenters. The molecule has 0 bridgehead atoms. The Morgan fingerprint density at radius 2 is 1.48 bits per heavy atom. The van der Waals surface area contributed by atoms with Crippen molar-refractivity contribution >= 4 is 28.3 Å². The Kier molecular flexibility index (Phi) is 5.26. The molecule has 154 valence electrons. The predicted molar refractivity (Wildman–Crippen MR) is 122 cm³/mol. The number of rotatable bonds is 4. The molecule has 0 spiro atoms. The largest absolute Gasteiger partial charge is 0.456 e. The SMILES string of the molecule is CC(=O)c1ccc(NC(=O)c2ccc(-c3cc(=O)c4cc(C)cc(C)c4o3)cc2)cc1. The maximum absolute atomic E-state index is 12.6. The molecule has 4 rings (SSSR count). The van der Waals surface area contributed by atoms with Crippen LogP contribution in [0.2, 0.25) is 0 Å². The number of carbonyl (C=O) groups is 2. The van der Waals surface area contributed by atoms with Crippen molar-refractivity contribution in [3.05, 3.63) is 99.2 Å². The van der Waals surface area contributed by atoms with Gasteiger partial charge in [0.15, 0.2) is 11.2 Å². The minimum absolute atomic E-state index is 0.0286. The molecule has 1 N–H and O–H groups in total. The Morgan fingerprint density at radius 1 is 0.839 bits per heavy atom. The van der Waals surface area contributed by atoms with Gasteiger partial charge >= 0.3 is 0 Å². The average Bonchev–Trinajstić information content (AvgIpc) is 2.75. The molecule has 1 aromatic heterocycles. The van der Waals surface area contributed by atoms with E-state index in [-0.39, 0.29) is 17.1 Å². The van der Waals surface area contributed by atoms with Crippen molar-refractivity contribution in [2.24, 2.45) is 0 Å². The summed E-state index contributed by atoms with van der Waals surface area (Å²) in [5, 5.41) is 3.37. The fourth-order valence-corrected chi connectivity index (χ4v) is 3.53. The molecule has 1 heterocycles. The van der Waals surface area contributed by atoms with Gasteiger partial charge in [-0.25, -0.2) is 0 Å². The van der Waals surface area contributed by atoms with Crippen molar-refractivity contribution in [1.82, 2.24) is 0 Å². The fourth-order valence-electron chi connectivity index (χ4n) is 3.53. The van der Waals surface area contributed by atoms with Crippen molar-refractivity contribution in [1.29, 1.82) is 0 Å². The van der Waals surface area contributed by atoms with E-state index in [0.717, 1.165) is 11.1 Å². The first kappa shape index (κ1) is 20.3. The molecule has 0 aliphatic heterocycles. The highest BCUT2D eigenvalue weighted by molar-refractivity contribution is 6.04. The van der Waals surface area contributed by atoms with Crippen LogP contribution >= 0.6 is 0 Å². The van der Waals surface area contributed by atoms with Gasteiger partial charge in [0.2, 0.25) is 0 Å². The number of anilines is 1. The van der Waals surface area contributed by atoms with Gasteiger partial charge in [-0.2, -0.15) is 0 Å². The van der Waals surface area contributed by atoms with Crippen LogP contribution in [-0.4, -0.2) is 11.7 Å². The molecule has 31 heavy (non-hydrogen) atoms. The van der Waals surface area contributed by atoms with Gasteiger partial charge in [0.1, 0.15) is 11.3 Å². The normalized spacial score (nSPS) is 10.8. The van der Waals surface area contributed by atoms with E-state index in [0.29, 0.717) is 39.1 Å². The second-order valence-corrected chi connectivity index (χ2v) is 7.60. The van der Waals surface area contributed by atoms with Crippen molar-refractivity contribution in [2.75, 3.05) is 5.32 Å². The van der Waals surface area contributed by atoms with Gasteiger partial charge in [-0.15, -0.1) is 0 Å². The second-order valence-electron chi connectivity index (χ2n) is 7.60. The van der Waals surface area contributed by atoms with Gasteiger partial charge in [-0.1, -0.05) is 18.2 Å². The number of hydrogen-bond donors (Lipinski definition) is 1. The maximum Gasteiger partial charge on any atom is 0.255 e. The number of carbonyl (C=O) groups excluding carboxylic acids is 2. The van der Waals surface area contributed by atoms with Crippen LogP contribution in [-0.2, 0) is 0 Å². The Morgan fingerprint density at radius 3 is 2.13 bits per heavy atom. The van der Waals surface area contributed by atoms with Crippen LogP contribution in [0.4, 0.5) is 5.69 Å². The zero-order chi connectivity index (χ0) is 22.1. The summed E-state index contributed by atoms with van der Waals surface area (Å²) < 4.78 is 6.01. The molecule has 1 amide bonds. The van der Waals surface area contributed by atoms with Crippen molar-refractivity contribution in [3.8, 4) is 11.3 Å². The van der Waals surface area contributed by atoms with Crippen LogP contribution < -0.4 is 10.7 Å². The molecule has 0 radical (unpaired) electrons. The highest BCUT2D eigenvalue weighted by Gasteiger charge is 2.12. The van der Waals surface area contributed by atoms with E-state index in [1.165, 1.54) is 13.0 Å². The lowest BCUT2D eigenvalue weighted by atomic mass is 10.1. The first-order valence-electron chi connectivity index (χ1n) is 9.90. The van der Waals surface area contributed by atoms with E-state index in [1.54, 1.807) is 48.5 Å². The molecule has 0 saturated heterocycles. The van der Waals surface area contributed by atoms with E-state index >= 15 is 0 Å². The lowest BCUT2D eigenvalue weighted by Gasteiger charge is -2.08. The van der Waals surface area contributed by atoms with Crippen molar-refractivity contribution in [2.45, 2.75) is 20.8 Å². The number of hydrogen-bond acceptors (Lipinski definition) is 4. The third kappa shape index (κ3) is 4.16. The Labute approximate surface area is 179 Å². The summed E-state index contributed by atoms with van der Waals surface area (Å²) in [6.45, 7) is 5.36. The van der Waals surface area contributed by atoms with Gasteiger partial charge in [0.05, 0.1) is 5.39 Å². The number of aryl methyl sites for hydroxylation is 2. The van der Waals surface area contributed by atoms with E-state index in [4.69, 9.17) is 4.42 Å². The number of amides is 1. The van der Waals surface area contributed by atoms with Gasteiger partial charge in [0.25, 0.3) is 5.91 Å². The highest BCUT2D eigenvalue weighted by atomic mass is 16.3. The monoisotopic (exact) mass is 411 g/mol. The zero-order valence-corrected chi connectivity index (χ0v) is 17.5. The summed E-state index contributed by atoms with van der Waals surface area (Å²) >= 11 is 0. The summed E-state index contributed by atoms with van der Waals surface area (Å²) in [7, 11) is 0. The minimum Gasteiger partial charge on any atom is -0.456 e. The number of nitrogens with one attached hydrogen (secondary N) is 1. The standard InChI is InChI=1S/C26H21NO4/c1-15-12-16(2)25-22(13-15)23(29)14-24(31-25)19-4-6-20(7-5-19)26(30)27-21-10-8-18(9-11-21)17(3)28/h4-14H,1-3H3,(H,27,30). The summed E-state index contributed by atoms with van der Waals surface area (Å²) in [6.07, 6.45) is 0. The quantitative estimate of drug-likeness (QED) is 0.448. The summed E-state index contributed by atoms with van der Waals surface area (Å²) in [4.78, 5) is 36.5. The first-order chi connectivity index (χ1) is 14.8. The van der Waals surface area contributed by atoms with Crippen LogP contribution in [0.3, 0.4) is 0 Å². The van der Waals surface area contributed by atoms with E-state index in [1.807, 2.05) is 26.0 Å². The minimum atomic E-state index is -0.270. The third-order valence-corrected chi connectivity index (χ3v) is 5.14. The van der Waals surface area contributed by atoms with E-state index in [2.05, 4.69) is 5.32 Å². The predicted octanol–water partition coefficient (Wildman–Crippen LogP) is 5.53. The molecule has 0 saturated carbocycles. The molecular formula is C26H21NO4. The molecule has 0 aliphatic rings. The number of ketones is 1. The molecule has 4 aromatic rings. The topological polar surface area (TPSA) is 76.4 Å². The second kappa shape index (κ2) is 8.03. The van der Waals surface area contributed by atoms with Gasteiger partial charge < -0.3 is 9.73 Å². The number of fused-ring (bicyclic) bond motifs is 1. The maximum atomic E-state index is 12.6.